The first-order valence-corrected chi connectivity index (χ1v) is 11.5. The summed E-state index contributed by atoms with van der Waals surface area (Å²) in [6, 6.07) is 1.25. The van der Waals surface area contributed by atoms with Crippen LogP contribution < -0.4 is 11.3 Å². The predicted octanol–water partition coefficient (Wildman–Crippen LogP) is 1.56. The Morgan fingerprint density at radius 2 is 1.75 bits per heavy atom. The summed E-state index contributed by atoms with van der Waals surface area (Å²) in [5.74, 6) is 3.44. The molecule has 1 aliphatic heterocycles. The molecule has 7 nitrogen and oxygen atoms in total. The molecule has 1 aromatic heterocycles. The van der Waals surface area contributed by atoms with Crippen molar-refractivity contribution in [3.8, 4) is 0 Å². The van der Waals surface area contributed by atoms with E-state index in [2.05, 4.69) is 14.9 Å². The van der Waals surface area contributed by atoms with Crippen LogP contribution >= 0.6 is 11.8 Å². The van der Waals surface area contributed by atoms with E-state index >= 15 is 0 Å². The number of aromatic nitrogens is 2. The highest BCUT2D eigenvalue weighted by atomic mass is 32.2. The van der Waals surface area contributed by atoms with Crippen LogP contribution in [0.4, 0.5) is 5.82 Å². The Morgan fingerprint density at radius 3 is 2.32 bits per heavy atom. The van der Waals surface area contributed by atoms with Crippen LogP contribution in [0.3, 0.4) is 0 Å². The van der Waals surface area contributed by atoms with Gasteiger partial charge in [0.25, 0.3) is 5.56 Å². The fraction of sp³-hybridized carbons (Fsp3) is 0.750. The second kappa shape index (κ2) is 7.06. The zero-order valence-corrected chi connectivity index (χ0v) is 17.0. The number of carbonyl (C=O) groups is 1. The fourth-order valence-electron chi connectivity index (χ4n) is 6.63. The Hall–Kier alpha value is -1.54. The number of amides is 1. The molecule has 0 spiro atoms. The van der Waals surface area contributed by atoms with Crippen LogP contribution in [0.5, 0.6) is 0 Å². The van der Waals surface area contributed by atoms with Gasteiger partial charge < -0.3 is 15.6 Å². The molecule has 4 bridgehead atoms. The van der Waals surface area contributed by atoms with Gasteiger partial charge in [0.15, 0.2) is 5.16 Å². The first-order valence-electron chi connectivity index (χ1n) is 10.5. The quantitative estimate of drug-likeness (QED) is 0.585. The molecule has 4 saturated carbocycles. The normalized spacial score (nSPS) is 34.7. The molecule has 5 fully saturated rings. The topological polar surface area (TPSA) is 95.3 Å². The highest BCUT2D eigenvalue weighted by Crippen LogP contribution is 2.57. The summed E-state index contributed by atoms with van der Waals surface area (Å²) in [6.07, 6.45) is 8.56. The number of anilines is 1. The van der Waals surface area contributed by atoms with E-state index in [9.17, 15) is 9.59 Å². The Kier molecular flexibility index (Phi) is 4.66. The van der Waals surface area contributed by atoms with Gasteiger partial charge in [-0.3, -0.25) is 14.5 Å². The minimum atomic E-state index is -0.286. The lowest BCUT2D eigenvalue weighted by molar-refractivity contribution is -0.135. The van der Waals surface area contributed by atoms with E-state index in [1.54, 1.807) is 0 Å². The standard InChI is InChI=1S/C20H29N5O2S/c21-16-8-17(26)23-19(22-16)28-12-18(27)24-1-3-25(4-2-24)20-9-13-5-14(10-20)7-15(6-13)11-20/h8,13-15H,1-7,9-12H2,(H3,21,22,23,26). The SMILES string of the molecule is Nc1cc(=O)[nH]c(SCC(=O)N2CCN(C34CC5CC(CC(C5)C3)C4)CC2)n1. The third kappa shape index (κ3) is 3.45. The van der Waals surface area contributed by atoms with Crippen molar-refractivity contribution < 1.29 is 4.79 Å². The summed E-state index contributed by atoms with van der Waals surface area (Å²) in [5, 5.41) is 0.408. The minimum Gasteiger partial charge on any atom is -0.383 e. The maximum absolute atomic E-state index is 12.6. The van der Waals surface area contributed by atoms with Gasteiger partial charge in [-0.2, -0.15) is 0 Å². The average Bonchev–Trinajstić information content (AvgIpc) is 2.64. The minimum absolute atomic E-state index is 0.111. The lowest BCUT2D eigenvalue weighted by atomic mass is 9.52. The first kappa shape index (κ1) is 18.5. The lowest BCUT2D eigenvalue weighted by Crippen LogP contribution is -2.64. The number of H-pyrrole nitrogens is 1. The van der Waals surface area contributed by atoms with E-state index in [-0.39, 0.29) is 23.0 Å². The molecule has 6 rings (SSSR count). The highest BCUT2D eigenvalue weighted by molar-refractivity contribution is 7.99. The van der Waals surface area contributed by atoms with Crippen LogP contribution in [-0.2, 0) is 4.79 Å². The molecule has 152 valence electrons. The van der Waals surface area contributed by atoms with Crippen LogP contribution in [-0.4, -0.2) is 63.1 Å². The van der Waals surface area contributed by atoms with Gasteiger partial charge >= 0.3 is 0 Å². The van der Waals surface area contributed by atoms with E-state index in [0.29, 0.717) is 10.7 Å². The molecule has 28 heavy (non-hydrogen) atoms. The first-order chi connectivity index (χ1) is 13.5. The maximum atomic E-state index is 12.6. The molecule has 3 N–H and O–H groups in total. The van der Waals surface area contributed by atoms with E-state index < -0.39 is 0 Å². The highest BCUT2D eigenvalue weighted by Gasteiger charge is 2.53. The Bertz CT molecular complexity index is 782. The Labute approximate surface area is 169 Å². The van der Waals surface area contributed by atoms with Crippen molar-refractivity contribution in [1.29, 1.82) is 0 Å². The van der Waals surface area contributed by atoms with Crippen LogP contribution in [0.25, 0.3) is 0 Å². The predicted molar refractivity (Wildman–Crippen MR) is 109 cm³/mol. The molecule has 5 aliphatic rings. The fourth-order valence-corrected chi connectivity index (χ4v) is 7.41. The summed E-state index contributed by atoms with van der Waals surface area (Å²) >= 11 is 1.25. The number of hydrogen-bond acceptors (Lipinski definition) is 6. The third-order valence-electron chi connectivity index (χ3n) is 7.38. The molecule has 0 radical (unpaired) electrons. The van der Waals surface area contributed by atoms with E-state index in [1.807, 2.05) is 4.90 Å². The van der Waals surface area contributed by atoms with Gasteiger partial charge in [0.1, 0.15) is 5.82 Å². The number of rotatable bonds is 4. The second-order valence-corrected chi connectivity index (χ2v) is 10.2. The van der Waals surface area contributed by atoms with Gasteiger partial charge in [-0.25, -0.2) is 4.98 Å². The second-order valence-electron chi connectivity index (χ2n) is 9.27. The lowest BCUT2D eigenvalue weighted by Gasteiger charge is -2.61. The number of nitrogens with zero attached hydrogens (tertiary/aromatic N) is 3. The molecular formula is C20H29N5O2S. The molecule has 0 aromatic carbocycles. The zero-order chi connectivity index (χ0) is 19.3. The van der Waals surface area contributed by atoms with E-state index in [0.717, 1.165) is 43.9 Å². The van der Waals surface area contributed by atoms with Crippen molar-refractivity contribution in [2.75, 3.05) is 37.7 Å². The monoisotopic (exact) mass is 403 g/mol. The van der Waals surface area contributed by atoms with Crippen LogP contribution in [0.1, 0.15) is 38.5 Å². The van der Waals surface area contributed by atoms with Gasteiger partial charge in [0.2, 0.25) is 5.91 Å². The molecule has 1 amide bonds. The number of aromatic amines is 1. The van der Waals surface area contributed by atoms with Gasteiger partial charge in [0, 0.05) is 37.8 Å². The molecule has 0 unspecified atom stereocenters. The number of nitrogen functional groups attached to an aromatic ring is 1. The number of hydrogen-bond donors (Lipinski definition) is 2. The van der Waals surface area contributed by atoms with E-state index in [1.165, 1.54) is 56.4 Å². The largest absolute Gasteiger partial charge is 0.383 e. The van der Waals surface area contributed by atoms with Crippen molar-refractivity contribution in [2.45, 2.75) is 49.2 Å². The number of carbonyl (C=O) groups excluding carboxylic acids is 1. The molecule has 0 atom stereocenters. The van der Waals surface area contributed by atoms with Gasteiger partial charge in [-0.1, -0.05) is 11.8 Å². The summed E-state index contributed by atoms with van der Waals surface area (Å²) in [6.45, 7) is 3.61. The molecule has 1 aromatic rings. The van der Waals surface area contributed by atoms with Crippen LogP contribution in [0.2, 0.25) is 0 Å². The van der Waals surface area contributed by atoms with Crippen LogP contribution in [0.15, 0.2) is 16.0 Å². The molecular weight excluding hydrogens is 374 g/mol. The zero-order valence-electron chi connectivity index (χ0n) is 16.2. The van der Waals surface area contributed by atoms with Gasteiger partial charge in [-0.05, 0) is 56.3 Å². The molecule has 8 heteroatoms. The summed E-state index contributed by atoms with van der Waals surface area (Å²) < 4.78 is 0. The summed E-state index contributed by atoms with van der Waals surface area (Å²) in [5.41, 5.74) is 5.75. The number of nitrogens with two attached hydrogens (primary N) is 1. The molecule has 2 heterocycles. The van der Waals surface area contributed by atoms with Crippen molar-refractivity contribution in [2.24, 2.45) is 17.8 Å². The Morgan fingerprint density at radius 1 is 1.14 bits per heavy atom. The van der Waals surface area contributed by atoms with Crippen molar-refractivity contribution in [1.82, 2.24) is 19.8 Å². The Balaban J connectivity index is 1.16. The van der Waals surface area contributed by atoms with Gasteiger partial charge in [-0.15, -0.1) is 0 Å². The number of thioether (sulfide) groups is 1. The number of piperazine rings is 1. The van der Waals surface area contributed by atoms with E-state index in [4.69, 9.17) is 5.73 Å². The van der Waals surface area contributed by atoms with Gasteiger partial charge in [0.05, 0.1) is 5.75 Å². The summed E-state index contributed by atoms with van der Waals surface area (Å²) in [7, 11) is 0. The molecule has 4 aliphatic carbocycles. The summed E-state index contributed by atoms with van der Waals surface area (Å²) in [4.78, 5) is 35.5. The molecule has 1 saturated heterocycles. The maximum Gasteiger partial charge on any atom is 0.253 e. The number of nitrogens with one attached hydrogen (secondary N) is 1. The van der Waals surface area contributed by atoms with Crippen LogP contribution in [0, 0.1) is 17.8 Å². The smallest absolute Gasteiger partial charge is 0.253 e. The van der Waals surface area contributed by atoms with Crippen molar-refractivity contribution in [3.05, 3.63) is 16.4 Å². The third-order valence-corrected chi connectivity index (χ3v) is 8.24. The van der Waals surface area contributed by atoms with Crippen molar-refractivity contribution in [3.63, 3.8) is 0 Å². The average molecular weight is 404 g/mol. The van der Waals surface area contributed by atoms with Crippen molar-refractivity contribution >= 4 is 23.5 Å².